The smallest absolute Gasteiger partial charge is 0.0553 e. The monoisotopic (exact) mass is 246 g/mol. The van der Waals surface area contributed by atoms with Crippen molar-refractivity contribution >= 4 is 0 Å². The summed E-state index contributed by atoms with van der Waals surface area (Å²) in [5.74, 6) is 0. The Labute approximate surface area is 107 Å². The summed E-state index contributed by atoms with van der Waals surface area (Å²) in [6.07, 6.45) is 4.24. The second-order valence-corrected chi connectivity index (χ2v) is 4.66. The third-order valence-corrected chi connectivity index (χ3v) is 3.29. The second-order valence-electron chi connectivity index (χ2n) is 4.66. The molecular weight excluding hydrogens is 228 g/mol. The van der Waals surface area contributed by atoms with Crippen molar-refractivity contribution < 1.29 is 10.2 Å². The number of hydrogen-bond donors (Lipinski definition) is 2. The van der Waals surface area contributed by atoms with Crippen LogP contribution in [0.25, 0.3) is 0 Å². The Balaban J connectivity index is 2.32. The SMILES string of the molecule is Cn1cc(CC(CO)(CO)c2ccccc2)cn1. The van der Waals surface area contributed by atoms with Crippen LogP contribution in [0, 0.1) is 0 Å². The lowest BCUT2D eigenvalue weighted by molar-refractivity contribution is 0.116. The maximum atomic E-state index is 9.71. The summed E-state index contributed by atoms with van der Waals surface area (Å²) in [6, 6.07) is 9.62. The number of aliphatic hydroxyl groups is 2. The average molecular weight is 246 g/mol. The molecule has 0 saturated heterocycles. The van der Waals surface area contributed by atoms with Crippen LogP contribution in [0.2, 0.25) is 0 Å². The zero-order valence-corrected chi connectivity index (χ0v) is 10.5. The van der Waals surface area contributed by atoms with Gasteiger partial charge in [-0.05, 0) is 17.5 Å². The van der Waals surface area contributed by atoms with E-state index in [2.05, 4.69) is 5.10 Å². The Morgan fingerprint density at radius 3 is 2.33 bits per heavy atom. The molecule has 0 aliphatic heterocycles. The lowest BCUT2D eigenvalue weighted by atomic mass is 9.77. The Kier molecular flexibility index (Phi) is 3.79. The van der Waals surface area contributed by atoms with Gasteiger partial charge >= 0.3 is 0 Å². The van der Waals surface area contributed by atoms with Crippen LogP contribution >= 0.6 is 0 Å². The van der Waals surface area contributed by atoms with Crippen LogP contribution in [0.15, 0.2) is 42.7 Å². The molecule has 1 aromatic heterocycles. The lowest BCUT2D eigenvalue weighted by Crippen LogP contribution is -2.37. The Morgan fingerprint density at radius 1 is 1.17 bits per heavy atom. The van der Waals surface area contributed by atoms with Crippen molar-refractivity contribution in [1.29, 1.82) is 0 Å². The van der Waals surface area contributed by atoms with Crippen molar-refractivity contribution in [2.24, 2.45) is 7.05 Å². The van der Waals surface area contributed by atoms with E-state index in [1.807, 2.05) is 43.6 Å². The van der Waals surface area contributed by atoms with Gasteiger partial charge in [0.1, 0.15) is 0 Å². The molecule has 4 nitrogen and oxygen atoms in total. The maximum Gasteiger partial charge on any atom is 0.0553 e. The van der Waals surface area contributed by atoms with Crippen LogP contribution in [0.5, 0.6) is 0 Å². The second kappa shape index (κ2) is 5.33. The predicted molar refractivity (Wildman–Crippen MR) is 69.2 cm³/mol. The molecule has 2 N–H and O–H groups in total. The first-order valence-electron chi connectivity index (χ1n) is 5.95. The zero-order valence-electron chi connectivity index (χ0n) is 10.5. The summed E-state index contributed by atoms with van der Waals surface area (Å²) in [5.41, 5.74) is 1.30. The van der Waals surface area contributed by atoms with Gasteiger partial charge in [0, 0.05) is 18.7 Å². The van der Waals surface area contributed by atoms with Crippen LogP contribution < -0.4 is 0 Å². The van der Waals surface area contributed by atoms with Crippen molar-refractivity contribution in [3.8, 4) is 0 Å². The van der Waals surface area contributed by atoms with Crippen molar-refractivity contribution in [3.05, 3.63) is 53.9 Å². The molecule has 0 aliphatic rings. The van der Waals surface area contributed by atoms with Crippen LogP contribution in [-0.2, 0) is 18.9 Å². The topological polar surface area (TPSA) is 58.3 Å². The molecule has 0 saturated carbocycles. The van der Waals surface area contributed by atoms with E-state index in [4.69, 9.17) is 0 Å². The predicted octanol–water partition coefficient (Wildman–Crippen LogP) is 0.885. The van der Waals surface area contributed by atoms with E-state index in [9.17, 15) is 10.2 Å². The number of hydrogen-bond acceptors (Lipinski definition) is 3. The van der Waals surface area contributed by atoms with Crippen LogP contribution in [0.1, 0.15) is 11.1 Å². The van der Waals surface area contributed by atoms with E-state index in [0.29, 0.717) is 6.42 Å². The minimum Gasteiger partial charge on any atom is -0.395 e. The number of aromatic nitrogens is 2. The summed E-state index contributed by atoms with van der Waals surface area (Å²) in [6.45, 7) is -0.190. The molecule has 96 valence electrons. The summed E-state index contributed by atoms with van der Waals surface area (Å²) in [7, 11) is 1.85. The first-order chi connectivity index (χ1) is 8.70. The van der Waals surface area contributed by atoms with E-state index in [-0.39, 0.29) is 13.2 Å². The van der Waals surface area contributed by atoms with Crippen molar-refractivity contribution in [1.82, 2.24) is 9.78 Å². The molecule has 4 heteroatoms. The molecule has 0 atom stereocenters. The highest BCUT2D eigenvalue weighted by atomic mass is 16.3. The lowest BCUT2D eigenvalue weighted by Gasteiger charge is -2.30. The van der Waals surface area contributed by atoms with E-state index >= 15 is 0 Å². The Morgan fingerprint density at radius 2 is 1.83 bits per heavy atom. The molecule has 0 radical (unpaired) electrons. The quantitative estimate of drug-likeness (QED) is 0.823. The fourth-order valence-corrected chi connectivity index (χ4v) is 2.19. The molecule has 0 fully saturated rings. The van der Waals surface area contributed by atoms with E-state index in [0.717, 1.165) is 11.1 Å². The number of rotatable bonds is 5. The van der Waals surface area contributed by atoms with E-state index < -0.39 is 5.41 Å². The summed E-state index contributed by atoms with van der Waals surface area (Å²) in [5, 5.41) is 23.5. The highest BCUT2D eigenvalue weighted by Gasteiger charge is 2.31. The molecule has 0 amide bonds. The molecule has 2 aromatic rings. The maximum absolute atomic E-state index is 9.71. The summed E-state index contributed by atoms with van der Waals surface area (Å²) < 4.78 is 1.72. The molecule has 1 aromatic carbocycles. The number of aryl methyl sites for hydroxylation is 1. The van der Waals surface area contributed by atoms with Crippen LogP contribution in [0.4, 0.5) is 0 Å². The van der Waals surface area contributed by atoms with Crippen molar-refractivity contribution in [2.75, 3.05) is 13.2 Å². The molecular formula is C14H18N2O2. The van der Waals surface area contributed by atoms with Gasteiger partial charge in [-0.25, -0.2) is 0 Å². The third kappa shape index (κ3) is 2.44. The van der Waals surface area contributed by atoms with Gasteiger partial charge < -0.3 is 10.2 Å². The summed E-state index contributed by atoms with van der Waals surface area (Å²) in [4.78, 5) is 0. The number of benzene rings is 1. The van der Waals surface area contributed by atoms with Crippen molar-refractivity contribution in [3.63, 3.8) is 0 Å². The molecule has 18 heavy (non-hydrogen) atoms. The molecule has 0 unspecified atom stereocenters. The van der Waals surface area contributed by atoms with Crippen LogP contribution in [0.3, 0.4) is 0 Å². The number of aliphatic hydroxyl groups excluding tert-OH is 2. The average Bonchev–Trinajstić information content (AvgIpc) is 2.82. The van der Waals surface area contributed by atoms with Gasteiger partial charge in [0.15, 0.2) is 0 Å². The molecule has 0 bridgehead atoms. The molecule has 1 heterocycles. The minimum absolute atomic E-state index is 0.0948. The molecule has 2 rings (SSSR count). The highest BCUT2D eigenvalue weighted by molar-refractivity contribution is 5.28. The van der Waals surface area contributed by atoms with Gasteiger partial charge in [0.25, 0.3) is 0 Å². The summed E-state index contributed by atoms with van der Waals surface area (Å²) >= 11 is 0. The largest absolute Gasteiger partial charge is 0.395 e. The van der Waals surface area contributed by atoms with Gasteiger partial charge in [-0.3, -0.25) is 4.68 Å². The first kappa shape index (κ1) is 12.8. The van der Waals surface area contributed by atoms with Crippen molar-refractivity contribution in [2.45, 2.75) is 11.8 Å². The Hall–Kier alpha value is -1.65. The van der Waals surface area contributed by atoms with Gasteiger partial charge in [0.05, 0.1) is 19.4 Å². The molecule has 0 aliphatic carbocycles. The zero-order chi connectivity index (χ0) is 13.0. The number of nitrogens with zero attached hydrogens (tertiary/aromatic N) is 2. The fraction of sp³-hybridized carbons (Fsp3) is 0.357. The van der Waals surface area contributed by atoms with Gasteiger partial charge in [-0.2, -0.15) is 5.10 Å². The van der Waals surface area contributed by atoms with E-state index in [1.165, 1.54) is 0 Å². The van der Waals surface area contributed by atoms with Gasteiger partial charge in [-0.1, -0.05) is 30.3 Å². The first-order valence-corrected chi connectivity index (χ1v) is 5.95. The fourth-order valence-electron chi connectivity index (χ4n) is 2.19. The van der Waals surface area contributed by atoms with Crippen LogP contribution in [-0.4, -0.2) is 33.2 Å². The van der Waals surface area contributed by atoms with Gasteiger partial charge in [-0.15, -0.1) is 0 Å². The van der Waals surface area contributed by atoms with E-state index in [1.54, 1.807) is 10.9 Å². The van der Waals surface area contributed by atoms with Gasteiger partial charge in [0.2, 0.25) is 0 Å². The minimum atomic E-state index is -0.649. The highest BCUT2D eigenvalue weighted by Crippen LogP contribution is 2.27. The third-order valence-electron chi connectivity index (χ3n) is 3.29. The molecule has 0 spiro atoms. The Bertz CT molecular complexity index is 490. The standard InChI is InChI=1S/C14H18N2O2/c1-16-9-12(8-15-16)7-14(10-17,11-18)13-5-3-2-4-6-13/h2-6,8-9,17-18H,7,10-11H2,1H3. The normalized spacial score (nSPS) is 11.7.